The predicted molar refractivity (Wildman–Crippen MR) is 99.7 cm³/mol. The number of hydrogen-bond acceptors (Lipinski definition) is 5. The third kappa shape index (κ3) is 3.92. The standard InChI is InChI=1S/C19H20F2N6O/c20-13-2-3-15(21)12(9-13)1-4-16(28)26-14-5-7-27(8-6-14)19-17-18(23-10-22-17)24-11-25-19/h2-3,9-11,14H,1,4-8H2,(H,26,28)(H,22,23,24,25). The molecule has 7 nitrogen and oxygen atoms in total. The van der Waals surface area contributed by atoms with Gasteiger partial charge in [0.1, 0.15) is 23.5 Å². The van der Waals surface area contributed by atoms with Crippen molar-refractivity contribution in [1.29, 1.82) is 0 Å². The third-order valence-corrected chi connectivity index (χ3v) is 4.99. The largest absolute Gasteiger partial charge is 0.355 e. The molecule has 146 valence electrons. The molecule has 0 bridgehead atoms. The monoisotopic (exact) mass is 386 g/mol. The normalized spacial score (nSPS) is 15.1. The minimum atomic E-state index is -0.500. The number of imidazole rings is 1. The molecule has 1 amide bonds. The molecule has 1 aliphatic heterocycles. The summed E-state index contributed by atoms with van der Waals surface area (Å²) in [4.78, 5) is 30.0. The van der Waals surface area contributed by atoms with E-state index in [4.69, 9.17) is 0 Å². The highest BCUT2D eigenvalue weighted by Gasteiger charge is 2.23. The molecule has 4 rings (SSSR count). The van der Waals surface area contributed by atoms with Crippen LogP contribution in [0.3, 0.4) is 0 Å². The molecule has 9 heteroatoms. The topological polar surface area (TPSA) is 86.8 Å². The number of halogens is 2. The van der Waals surface area contributed by atoms with Gasteiger partial charge in [-0.3, -0.25) is 4.79 Å². The van der Waals surface area contributed by atoms with E-state index in [0.717, 1.165) is 55.5 Å². The molecule has 0 unspecified atom stereocenters. The number of hydrogen-bond donors (Lipinski definition) is 2. The Morgan fingerprint density at radius 3 is 2.86 bits per heavy atom. The van der Waals surface area contributed by atoms with Crippen LogP contribution in [0.15, 0.2) is 30.9 Å². The minimum Gasteiger partial charge on any atom is -0.355 e. The van der Waals surface area contributed by atoms with Crippen molar-refractivity contribution >= 4 is 22.9 Å². The zero-order valence-corrected chi connectivity index (χ0v) is 15.2. The lowest BCUT2D eigenvalue weighted by Crippen LogP contribution is -2.45. The molecule has 28 heavy (non-hydrogen) atoms. The first-order valence-electron chi connectivity index (χ1n) is 9.22. The van der Waals surface area contributed by atoms with Crippen LogP contribution in [-0.4, -0.2) is 45.0 Å². The van der Waals surface area contributed by atoms with Gasteiger partial charge in [-0.05, 0) is 43.0 Å². The number of H-pyrrole nitrogens is 1. The molecule has 3 aromatic rings. The predicted octanol–water partition coefficient (Wildman–Crippen LogP) is 2.35. The van der Waals surface area contributed by atoms with E-state index in [1.807, 2.05) is 0 Å². The van der Waals surface area contributed by atoms with Gasteiger partial charge in [0.15, 0.2) is 11.5 Å². The van der Waals surface area contributed by atoms with Crippen molar-refractivity contribution in [2.75, 3.05) is 18.0 Å². The summed E-state index contributed by atoms with van der Waals surface area (Å²) in [7, 11) is 0. The molecular weight excluding hydrogens is 366 g/mol. The smallest absolute Gasteiger partial charge is 0.220 e. The summed E-state index contributed by atoms with van der Waals surface area (Å²) in [6.07, 6.45) is 4.95. The number of rotatable bonds is 5. The molecule has 0 atom stereocenters. The molecule has 2 aromatic heterocycles. The van der Waals surface area contributed by atoms with Crippen molar-refractivity contribution in [3.8, 4) is 0 Å². The fourth-order valence-electron chi connectivity index (χ4n) is 3.51. The number of nitrogens with one attached hydrogen (secondary N) is 2. The van der Waals surface area contributed by atoms with E-state index in [2.05, 4.69) is 30.2 Å². The van der Waals surface area contributed by atoms with Crippen molar-refractivity contribution in [1.82, 2.24) is 25.3 Å². The van der Waals surface area contributed by atoms with E-state index in [1.165, 1.54) is 6.33 Å². The Hall–Kier alpha value is -3.10. The zero-order valence-electron chi connectivity index (χ0n) is 15.2. The van der Waals surface area contributed by atoms with Crippen molar-refractivity contribution in [2.45, 2.75) is 31.7 Å². The van der Waals surface area contributed by atoms with Crippen LogP contribution in [0.4, 0.5) is 14.6 Å². The maximum atomic E-state index is 13.6. The maximum Gasteiger partial charge on any atom is 0.220 e. The highest BCUT2D eigenvalue weighted by molar-refractivity contribution is 5.82. The second kappa shape index (κ2) is 7.87. The summed E-state index contributed by atoms with van der Waals surface area (Å²) < 4.78 is 26.9. The number of piperidine rings is 1. The molecule has 0 radical (unpaired) electrons. The number of aromatic amines is 1. The number of aryl methyl sites for hydroxylation is 1. The number of carbonyl (C=O) groups is 1. The molecule has 0 aliphatic carbocycles. The first-order chi connectivity index (χ1) is 13.6. The lowest BCUT2D eigenvalue weighted by Gasteiger charge is -2.33. The van der Waals surface area contributed by atoms with Crippen LogP contribution in [0, 0.1) is 11.6 Å². The van der Waals surface area contributed by atoms with E-state index >= 15 is 0 Å². The summed E-state index contributed by atoms with van der Waals surface area (Å²) in [6.45, 7) is 1.49. The van der Waals surface area contributed by atoms with Crippen LogP contribution >= 0.6 is 0 Å². The van der Waals surface area contributed by atoms with E-state index in [0.29, 0.717) is 5.65 Å². The van der Waals surface area contributed by atoms with Crippen molar-refractivity contribution in [3.05, 3.63) is 48.1 Å². The molecular formula is C19H20F2N6O. The summed E-state index contributed by atoms with van der Waals surface area (Å²) in [5.74, 6) is -0.327. The number of aromatic nitrogens is 4. The van der Waals surface area contributed by atoms with Gasteiger partial charge in [-0.25, -0.2) is 23.7 Å². The number of fused-ring (bicyclic) bond motifs is 1. The van der Waals surface area contributed by atoms with Crippen LogP contribution in [0.5, 0.6) is 0 Å². The summed E-state index contributed by atoms with van der Waals surface area (Å²) in [5.41, 5.74) is 1.66. The van der Waals surface area contributed by atoms with Crippen LogP contribution in [-0.2, 0) is 11.2 Å². The van der Waals surface area contributed by atoms with Crippen LogP contribution in [0.1, 0.15) is 24.8 Å². The lowest BCUT2D eigenvalue weighted by atomic mass is 10.0. The quantitative estimate of drug-likeness (QED) is 0.703. The van der Waals surface area contributed by atoms with Crippen LogP contribution in [0.2, 0.25) is 0 Å². The first kappa shape index (κ1) is 18.3. The van der Waals surface area contributed by atoms with Gasteiger partial charge < -0.3 is 15.2 Å². The van der Waals surface area contributed by atoms with Gasteiger partial charge >= 0.3 is 0 Å². The Labute approximate surface area is 160 Å². The average Bonchev–Trinajstić information content (AvgIpc) is 3.18. The zero-order chi connectivity index (χ0) is 19.5. The number of carbonyl (C=O) groups excluding carboxylic acids is 1. The molecule has 2 N–H and O–H groups in total. The summed E-state index contributed by atoms with van der Waals surface area (Å²) in [6, 6.07) is 3.35. The van der Waals surface area contributed by atoms with Gasteiger partial charge in [0, 0.05) is 25.6 Å². The van der Waals surface area contributed by atoms with Crippen LogP contribution < -0.4 is 10.2 Å². The van der Waals surface area contributed by atoms with Gasteiger partial charge in [0.25, 0.3) is 0 Å². The Balaban J connectivity index is 1.29. The molecule has 1 aliphatic rings. The summed E-state index contributed by atoms with van der Waals surface area (Å²) in [5, 5.41) is 2.99. The number of anilines is 1. The van der Waals surface area contributed by atoms with Crippen molar-refractivity contribution in [2.24, 2.45) is 0 Å². The third-order valence-electron chi connectivity index (χ3n) is 4.99. The van der Waals surface area contributed by atoms with Crippen molar-refractivity contribution < 1.29 is 13.6 Å². The maximum absolute atomic E-state index is 13.6. The van der Waals surface area contributed by atoms with E-state index in [-0.39, 0.29) is 30.4 Å². The molecule has 1 fully saturated rings. The average molecular weight is 386 g/mol. The fourth-order valence-corrected chi connectivity index (χ4v) is 3.51. The minimum absolute atomic E-state index is 0.0557. The second-order valence-corrected chi connectivity index (χ2v) is 6.86. The van der Waals surface area contributed by atoms with Gasteiger partial charge in [-0.1, -0.05) is 0 Å². The highest BCUT2D eigenvalue weighted by Crippen LogP contribution is 2.23. The summed E-state index contributed by atoms with van der Waals surface area (Å²) >= 11 is 0. The fraction of sp³-hybridized carbons (Fsp3) is 0.368. The van der Waals surface area contributed by atoms with Crippen LogP contribution in [0.25, 0.3) is 11.2 Å². The Morgan fingerprint density at radius 1 is 1.21 bits per heavy atom. The van der Waals surface area contributed by atoms with E-state index < -0.39 is 11.6 Å². The number of nitrogens with zero attached hydrogens (tertiary/aromatic N) is 4. The first-order valence-corrected chi connectivity index (χ1v) is 9.22. The number of benzene rings is 1. The highest BCUT2D eigenvalue weighted by atomic mass is 19.1. The van der Waals surface area contributed by atoms with E-state index in [9.17, 15) is 13.6 Å². The van der Waals surface area contributed by atoms with Gasteiger partial charge in [0.2, 0.25) is 5.91 Å². The number of amides is 1. The van der Waals surface area contributed by atoms with Gasteiger partial charge in [-0.2, -0.15) is 0 Å². The molecule has 1 aromatic carbocycles. The molecule has 3 heterocycles. The SMILES string of the molecule is O=C(CCc1cc(F)ccc1F)NC1CCN(c2ncnc3nc[nH]c23)CC1. The molecule has 0 spiro atoms. The second-order valence-electron chi connectivity index (χ2n) is 6.86. The van der Waals surface area contributed by atoms with E-state index in [1.54, 1.807) is 6.33 Å². The molecule has 1 saturated heterocycles. The van der Waals surface area contributed by atoms with Gasteiger partial charge in [0.05, 0.1) is 6.33 Å². The Kier molecular flexibility index (Phi) is 5.14. The Morgan fingerprint density at radius 2 is 2.04 bits per heavy atom. The lowest BCUT2D eigenvalue weighted by molar-refractivity contribution is -0.121. The molecule has 0 saturated carbocycles. The van der Waals surface area contributed by atoms with Gasteiger partial charge in [-0.15, -0.1) is 0 Å². The van der Waals surface area contributed by atoms with Crippen molar-refractivity contribution in [3.63, 3.8) is 0 Å². The Bertz CT molecular complexity index is 983.